The fraction of sp³-hybridized carbons (Fsp3) is 0.829. The average Bonchev–Trinajstić information content (AvgIpc) is 3.48. The van der Waals surface area contributed by atoms with Crippen molar-refractivity contribution in [2.24, 2.45) is 0 Å². The van der Waals surface area contributed by atoms with E-state index in [2.05, 4.69) is 81.5 Å². The highest BCUT2D eigenvalue weighted by Crippen LogP contribution is 2.19. The molecule has 1 unspecified atom stereocenters. The van der Waals surface area contributed by atoms with Crippen molar-refractivity contribution >= 4 is 17.9 Å². The average molecular weight is 1150 g/mol. The molecule has 0 spiro atoms. The monoisotopic (exact) mass is 1150 g/mol. The first-order chi connectivity index (χ1) is 40.5. The summed E-state index contributed by atoms with van der Waals surface area (Å²) in [5.41, 5.74) is 0. The Morgan fingerprint density at radius 1 is 0.256 bits per heavy atom. The van der Waals surface area contributed by atoms with Gasteiger partial charge in [-0.25, -0.2) is 0 Å². The van der Waals surface area contributed by atoms with E-state index in [0.29, 0.717) is 19.3 Å². The van der Waals surface area contributed by atoms with Crippen LogP contribution in [0.3, 0.4) is 0 Å². The molecule has 1 atom stereocenters. The topological polar surface area (TPSA) is 78.9 Å². The van der Waals surface area contributed by atoms with Crippen LogP contribution in [0.5, 0.6) is 0 Å². The van der Waals surface area contributed by atoms with Crippen molar-refractivity contribution in [3.63, 3.8) is 0 Å². The maximum atomic E-state index is 12.9. The Kier molecular flexibility index (Phi) is 68.1. The van der Waals surface area contributed by atoms with Gasteiger partial charge < -0.3 is 14.2 Å². The number of hydrogen-bond donors (Lipinski definition) is 0. The van der Waals surface area contributed by atoms with Gasteiger partial charge in [0.2, 0.25) is 0 Å². The highest BCUT2D eigenvalue weighted by Gasteiger charge is 2.19. The smallest absolute Gasteiger partial charge is 0.306 e. The van der Waals surface area contributed by atoms with Crippen molar-refractivity contribution in [3.8, 4) is 0 Å². The van der Waals surface area contributed by atoms with E-state index in [1.165, 1.54) is 250 Å². The van der Waals surface area contributed by atoms with E-state index >= 15 is 0 Å². The van der Waals surface area contributed by atoms with Crippen LogP contribution in [0.1, 0.15) is 387 Å². The molecule has 0 aromatic heterocycles. The third-order valence-corrected chi connectivity index (χ3v) is 16.3. The largest absolute Gasteiger partial charge is 0.462 e. The molecule has 0 aliphatic rings. The zero-order valence-corrected chi connectivity index (χ0v) is 55.0. The number of allylic oxidation sites excluding steroid dienone is 10. The SMILES string of the molecule is CC/C=C\C/C=C\C/C=C\C/C=C\C/C=C\CCCCCCCCCCCCCCCCCCCCCC(=O)OCC(COC(=O)CCCCCCC)OC(=O)CCCCCCCCCCCCCCCCCCCCCCCCCC. The van der Waals surface area contributed by atoms with E-state index < -0.39 is 6.10 Å². The van der Waals surface area contributed by atoms with Gasteiger partial charge in [-0.15, -0.1) is 0 Å². The molecule has 0 fully saturated rings. The van der Waals surface area contributed by atoms with Crippen LogP contribution in [0.2, 0.25) is 0 Å². The molecular formula is C76H138O6. The van der Waals surface area contributed by atoms with Gasteiger partial charge in [-0.05, 0) is 64.2 Å². The normalized spacial score (nSPS) is 12.4. The number of carbonyl (C=O) groups excluding carboxylic acids is 3. The Hall–Kier alpha value is -2.89. The van der Waals surface area contributed by atoms with Crippen LogP contribution in [-0.4, -0.2) is 37.2 Å². The summed E-state index contributed by atoms with van der Waals surface area (Å²) in [6.07, 6.45) is 91.8. The number of hydrogen-bond acceptors (Lipinski definition) is 6. The Morgan fingerprint density at radius 3 is 0.744 bits per heavy atom. The van der Waals surface area contributed by atoms with E-state index in [0.717, 1.165) is 96.3 Å². The summed E-state index contributed by atoms with van der Waals surface area (Å²) < 4.78 is 16.8. The summed E-state index contributed by atoms with van der Waals surface area (Å²) in [6, 6.07) is 0. The van der Waals surface area contributed by atoms with Gasteiger partial charge in [0.15, 0.2) is 6.10 Å². The van der Waals surface area contributed by atoms with Crippen LogP contribution in [0, 0.1) is 0 Å². The lowest BCUT2D eigenvalue weighted by Crippen LogP contribution is -2.30. The van der Waals surface area contributed by atoms with Gasteiger partial charge in [0.1, 0.15) is 13.2 Å². The van der Waals surface area contributed by atoms with Crippen LogP contribution in [-0.2, 0) is 28.6 Å². The Bertz CT molecular complexity index is 1460. The molecule has 0 rings (SSSR count). The Balaban J connectivity index is 3.89. The molecule has 0 N–H and O–H groups in total. The number of ether oxygens (including phenoxy) is 3. The van der Waals surface area contributed by atoms with Crippen molar-refractivity contribution in [2.45, 2.75) is 393 Å². The minimum Gasteiger partial charge on any atom is -0.462 e. The molecule has 0 bridgehead atoms. The van der Waals surface area contributed by atoms with E-state index in [4.69, 9.17) is 14.2 Å². The lowest BCUT2D eigenvalue weighted by molar-refractivity contribution is -0.167. The molecular weight excluding hydrogens is 1010 g/mol. The second-order valence-electron chi connectivity index (χ2n) is 24.5. The highest BCUT2D eigenvalue weighted by atomic mass is 16.6. The van der Waals surface area contributed by atoms with Gasteiger partial charge in [-0.3, -0.25) is 14.4 Å². The molecule has 82 heavy (non-hydrogen) atoms. The maximum absolute atomic E-state index is 12.9. The summed E-state index contributed by atoms with van der Waals surface area (Å²) in [7, 11) is 0. The van der Waals surface area contributed by atoms with Crippen molar-refractivity contribution in [1.82, 2.24) is 0 Å². The molecule has 0 aliphatic heterocycles. The predicted octanol–water partition coefficient (Wildman–Crippen LogP) is 25.1. The summed E-state index contributed by atoms with van der Waals surface area (Å²) in [5.74, 6) is -0.855. The van der Waals surface area contributed by atoms with Crippen LogP contribution < -0.4 is 0 Å². The Morgan fingerprint density at radius 2 is 0.476 bits per heavy atom. The van der Waals surface area contributed by atoms with Gasteiger partial charge >= 0.3 is 17.9 Å². The highest BCUT2D eigenvalue weighted by molar-refractivity contribution is 5.71. The summed E-state index contributed by atoms with van der Waals surface area (Å²) in [5, 5.41) is 0. The zero-order valence-electron chi connectivity index (χ0n) is 55.0. The summed E-state index contributed by atoms with van der Waals surface area (Å²) >= 11 is 0. The number of rotatable bonds is 67. The number of carbonyl (C=O) groups is 3. The lowest BCUT2D eigenvalue weighted by Gasteiger charge is -2.18. The molecule has 6 nitrogen and oxygen atoms in total. The molecule has 0 aromatic rings. The quantitative estimate of drug-likeness (QED) is 0.0261. The molecule has 0 amide bonds. The molecule has 0 saturated heterocycles. The fourth-order valence-corrected chi connectivity index (χ4v) is 10.9. The van der Waals surface area contributed by atoms with Gasteiger partial charge in [0, 0.05) is 19.3 Å². The molecule has 0 saturated carbocycles. The summed E-state index contributed by atoms with van der Waals surface area (Å²) in [6.45, 7) is 6.51. The molecule has 0 radical (unpaired) electrons. The van der Waals surface area contributed by atoms with E-state index in [-0.39, 0.29) is 31.1 Å². The molecule has 0 heterocycles. The first-order valence-electron chi connectivity index (χ1n) is 36.3. The van der Waals surface area contributed by atoms with E-state index in [1.807, 2.05) is 0 Å². The first-order valence-corrected chi connectivity index (χ1v) is 36.3. The van der Waals surface area contributed by atoms with E-state index in [1.54, 1.807) is 0 Å². The van der Waals surface area contributed by atoms with Gasteiger partial charge in [0.25, 0.3) is 0 Å². The zero-order chi connectivity index (χ0) is 59.2. The lowest BCUT2D eigenvalue weighted by atomic mass is 10.0. The van der Waals surface area contributed by atoms with Crippen molar-refractivity contribution in [1.29, 1.82) is 0 Å². The standard InChI is InChI=1S/C76H138O6/c1-4-7-10-13-15-17-19-21-23-25-27-29-31-33-34-35-36-37-38-39-40-41-42-43-45-46-48-50-52-54-56-58-60-63-66-69-75(78)81-72-73(71-80-74(77)68-65-62-12-9-6-3)82-76(79)70-67-64-61-59-57-55-53-51-49-47-44-32-30-28-26-24-22-20-18-16-14-11-8-5-2/h7,10,15,17,21,23,27,29,33-34,73H,4-6,8-9,11-14,16,18-20,22,24-26,28,30-32,35-72H2,1-3H3/b10-7-,17-15-,23-21-,29-27-,34-33-. The molecule has 6 heteroatoms. The number of unbranched alkanes of at least 4 members (excludes halogenated alkanes) is 46. The van der Waals surface area contributed by atoms with Gasteiger partial charge in [-0.1, -0.05) is 364 Å². The third kappa shape index (κ3) is 67.9. The van der Waals surface area contributed by atoms with E-state index in [9.17, 15) is 14.4 Å². The van der Waals surface area contributed by atoms with Crippen LogP contribution in [0.15, 0.2) is 60.8 Å². The van der Waals surface area contributed by atoms with Crippen molar-refractivity contribution < 1.29 is 28.6 Å². The van der Waals surface area contributed by atoms with Crippen molar-refractivity contribution in [3.05, 3.63) is 60.8 Å². The van der Waals surface area contributed by atoms with Gasteiger partial charge in [-0.2, -0.15) is 0 Å². The minimum absolute atomic E-state index is 0.0674. The van der Waals surface area contributed by atoms with Gasteiger partial charge in [0.05, 0.1) is 0 Å². The summed E-state index contributed by atoms with van der Waals surface area (Å²) in [4.78, 5) is 38.0. The second kappa shape index (κ2) is 70.6. The number of esters is 3. The third-order valence-electron chi connectivity index (χ3n) is 16.3. The predicted molar refractivity (Wildman–Crippen MR) is 358 cm³/mol. The second-order valence-corrected chi connectivity index (χ2v) is 24.5. The van der Waals surface area contributed by atoms with Crippen LogP contribution in [0.25, 0.3) is 0 Å². The van der Waals surface area contributed by atoms with Crippen molar-refractivity contribution in [2.75, 3.05) is 13.2 Å². The minimum atomic E-state index is -0.766. The Labute approximate surface area is 510 Å². The molecule has 0 aliphatic carbocycles. The fourth-order valence-electron chi connectivity index (χ4n) is 10.9. The van der Waals surface area contributed by atoms with Crippen LogP contribution in [0.4, 0.5) is 0 Å². The first kappa shape index (κ1) is 79.1. The molecule has 0 aromatic carbocycles. The maximum Gasteiger partial charge on any atom is 0.306 e. The molecule has 478 valence electrons. The van der Waals surface area contributed by atoms with Crippen LogP contribution >= 0.6 is 0 Å².